The zero-order chi connectivity index (χ0) is 16.7. The van der Waals surface area contributed by atoms with Gasteiger partial charge in [-0.15, -0.1) is 0 Å². The fourth-order valence-corrected chi connectivity index (χ4v) is 2.62. The Balaban J connectivity index is 2.10. The van der Waals surface area contributed by atoms with Crippen molar-refractivity contribution >= 4 is 28.5 Å². The van der Waals surface area contributed by atoms with Gasteiger partial charge in [-0.1, -0.05) is 23.7 Å². The van der Waals surface area contributed by atoms with Crippen molar-refractivity contribution < 1.29 is 4.79 Å². The van der Waals surface area contributed by atoms with Gasteiger partial charge in [-0.3, -0.25) is 18.7 Å². The first-order valence-corrected chi connectivity index (χ1v) is 7.17. The zero-order valence-electron chi connectivity index (χ0n) is 12.5. The van der Waals surface area contributed by atoms with Gasteiger partial charge in [0.15, 0.2) is 16.9 Å². The van der Waals surface area contributed by atoms with E-state index >= 15 is 0 Å². The molecule has 0 atom stereocenters. The number of aryl methyl sites for hydroxylation is 1. The quantitative estimate of drug-likeness (QED) is 0.669. The molecule has 2 heterocycles. The van der Waals surface area contributed by atoms with E-state index in [2.05, 4.69) is 4.98 Å². The second-order valence-corrected chi connectivity index (χ2v) is 5.62. The lowest BCUT2D eigenvalue weighted by Crippen LogP contribution is -2.37. The molecule has 0 aliphatic heterocycles. The Morgan fingerprint density at radius 1 is 1.22 bits per heavy atom. The summed E-state index contributed by atoms with van der Waals surface area (Å²) in [4.78, 5) is 40.7. The van der Waals surface area contributed by atoms with Crippen LogP contribution in [0.3, 0.4) is 0 Å². The molecule has 0 saturated heterocycles. The number of rotatable bonds is 3. The monoisotopic (exact) mass is 332 g/mol. The summed E-state index contributed by atoms with van der Waals surface area (Å²) in [5, 5.41) is 0.463. The molecular formula is C15H13ClN4O3. The molecule has 1 aromatic carbocycles. The Labute approximate surface area is 135 Å². The molecular weight excluding hydrogens is 320 g/mol. The van der Waals surface area contributed by atoms with Crippen LogP contribution in [0.15, 0.2) is 40.2 Å². The summed E-state index contributed by atoms with van der Waals surface area (Å²) in [6.45, 7) is -0.0652. The molecule has 0 aliphatic carbocycles. The number of benzene rings is 1. The van der Waals surface area contributed by atoms with Gasteiger partial charge >= 0.3 is 5.69 Å². The highest BCUT2D eigenvalue weighted by molar-refractivity contribution is 6.31. The second-order valence-electron chi connectivity index (χ2n) is 5.18. The average Bonchev–Trinajstić information content (AvgIpc) is 2.94. The number of ketones is 1. The van der Waals surface area contributed by atoms with Crippen LogP contribution in [-0.2, 0) is 20.6 Å². The lowest BCUT2D eigenvalue weighted by atomic mass is 10.1. The summed E-state index contributed by atoms with van der Waals surface area (Å²) in [5.41, 5.74) is -0.0450. The van der Waals surface area contributed by atoms with Crippen LogP contribution < -0.4 is 11.2 Å². The minimum absolute atomic E-state index is 0.0652. The lowest BCUT2D eigenvalue weighted by Gasteiger charge is -2.06. The fraction of sp³-hybridized carbons (Fsp3) is 0.200. The summed E-state index contributed by atoms with van der Waals surface area (Å²) < 4.78 is 3.71. The van der Waals surface area contributed by atoms with Crippen molar-refractivity contribution in [2.45, 2.75) is 6.54 Å². The van der Waals surface area contributed by atoms with E-state index in [-0.39, 0.29) is 23.5 Å². The third-order valence-corrected chi connectivity index (χ3v) is 3.91. The summed E-state index contributed by atoms with van der Waals surface area (Å²) in [6, 6.07) is 6.58. The first-order chi connectivity index (χ1) is 10.9. The van der Waals surface area contributed by atoms with E-state index < -0.39 is 11.2 Å². The number of hydrogen-bond acceptors (Lipinski definition) is 4. The number of nitrogens with zero attached hydrogens (tertiary/aromatic N) is 4. The van der Waals surface area contributed by atoms with E-state index in [1.807, 2.05) is 0 Å². The minimum Gasteiger partial charge on any atom is -0.317 e. The Kier molecular flexibility index (Phi) is 3.65. The molecule has 118 valence electrons. The number of hydrogen-bond donors (Lipinski definition) is 0. The van der Waals surface area contributed by atoms with E-state index in [9.17, 15) is 14.4 Å². The number of aromatic nitrogens is 4. The van der Waals surface area contributed by atoms with Gasteiger partial charge in [0.1, 0.15) is 0 Å². The highest BCUT2D eigenvalue weighted by atomic mass is 35.5. The topological polar surface area (TPSA) is 78.9 Å². The molecule has 0 N–H and O–H groups in total. The van der Waals surface area contributed by atoms with Crippen LogP contribution in [0.4, 0.5) is 0 Å². The van der Waals surface area contributed by atoms with E-state index in [4.69, 9.17) is 11.6 Å². The van der Waals surface area contributed by atoms with Crippen molar-refractivity contribution in [3.8, 4) is 0 Å². The van der Waals surface area contributed by atoms with Crippen LogP contribution in [0.1, 0.15) is 10.4 Å². The number of carbonyl (C=O) groups is 1. The van der Waals surface area contributed by atoms with Crippen molar-refractivity contribution in [1.82, 2.24) is 18.7 Å². The van der Waals surface area contributed by atoms with Gasteiger partial charge in [-0.2, -0.15) is 0 Å². The van der Waals surface area contributed by atoms with Crippen molar-refractivity contribution in [2.75, 3.05) is 0 Å². The van der Waals surface area contributed by atoms with Gasteiger partial charge < -0.3 is 4.57 Å². The van der Waals surface area contributed by atoms with Crippen LogP contribution >= 0.6 is 11.6 Å². The van der Waals surface area contributed by atoms with E-state index in [0.29, 0.717) is 10.6 Å². The van der Waals surface area contributed by atoms with Gasteiger partial charge in [0, 0.05) is 24.7 Å². The Morgan fingerprint density at radius 2 is 1.96 bits per heavy atom. The van der Waals surface area contributed by atoms with Gasteiger partial charge in [-0.05, 0) is 12.1 Å². The smallest absolute Gasteiger partial charge is 0.317 e. The fourth-order valence-electron chi connectivity index (χ4n) is 2.42. The maximum Gasteiger partial charge on any atom is 0.332 e. The van der Waals surface area contributed by atoms with Crippen LogP contribution in [0.25, 0.3) is 11.2 Å². The molecule has 0 fully saturated rings. The highest BCUT2D eigenvalue weighted by Gasteiger charge is 2.16. The molecule has 0 saturated carbocycles. The van der Waals surface area contributed by atoms with Crippen LogP contribution in [0.5, 0.6) is 0 Å². The summed E-state index contributed by atoms with van der Waals surface area (Å²) in [7, 11) is 2.92. The maximum atomic E-state index is 12.4. The Bertz CT molecular complexity index is 1050. The predicted molar refractivity (Wildman–Crippen MR) is 86.0 cm³/mol. The minimum atomic E-state index is -0.487. The SMILES string of the molecule is Cn1c(=O)c2c(ncn2CC(=O)c2cccc(Cl)c2)n(C)c1=O. The third-order valence-electron chi connectivity index (χ3n) is 3.68. The first kappa shape index (κ1) is 15.2. The Hall–Kier alpha value is -2.67. The summed E-state index contributed by atoms with van der Waals surface area (Å²) in [5.74, 6) is -0.206. The second kappa shape index (κ2) is 5.51. The van der Waals surface area contributed by atoms with Gasteiger partial charge in [0.25, 0.3) is 5.56 Å². The van der Waals surface area contributed by atoms with Crippen LogP contribution in [0.2, 0.25) is 5.02 Å². The van der Waals surface area contributed by atoms with Gasteiger partial charge in [0.2, 0.25) is 0 Å². The van der Waals surface area contributed by atoms with Crippen LogP contribution in [-0.4, -0.2) is 24.5 Å². The number of fused-ring (bicyclic) bond motifs is 1. The molecule has 0 aliphatic rings. The standard InChI is InChI=1S/C15H13ClN4O3/c1-18-13-12(14(22)19(2)15(18)23)20(8-17-13)7-11(21)9-4-3-5-10(16)6-9/h3-6,8H,7H2,1-2H3. The van der Waals surface area contributed by atoms with Crippen LogP contribution in [0, 0.1) is 0 Å². The third kappa shape index (κ3) is 2.49. The molecule has 2 aromatic heterocycles. The van der Waals surface area contributed by atoms with Gasteiger partial charge in [0.05, 0.1) is 12.9 Å². The number of halogens is 1. The molecule has 0 amide bonds. The zero-order valence-corrected chi connectivity index (χ0v) is 13.2. The van der Waals surface area contributed by atoms with Crippen molar-refractivity contribution in [3.63, 3.8) is 0 Å². The Morgan fingerprint density at radius 3 is 2.65 bits per heavy atom. The molecule has 23 heavy (non-hydrogen) atoms. The van der Waals surface area contributed by atoms with E-state index in [1.165, 1.54) is 29.6 Å². The molecule has 0 unspecified atom stereocenters. The molecule has 0 radical (unpaired) electrons. The number of Topliss-reactive ketones (excluding diaryl/α,β-unsaturated/α-hetero) is 1. The predicted octanol–water partition coefficient (Wildman–Crippen LogP) is 0.970. The summed E-state index contributed by atoms with van der Waals surface area (Å²) >= 11 is 5.89. The molecule has 7 nitrogen and oxygen atoms in total. The number of carbonyl (C=O) groups excluding carboxylic acids is 1. The highest BCUT2D eigenvalue weighted by Crippen LogP contribution is 2.13. The van der Waals surface area contributed by atoms with E-state index in [0.717, 1.165) is 4.57 Å². The average molecular weight is 333 g/mol. The largest absolute Gasteiger partial charge is 0.332 e. The van der Waals surface area contributed by atoms with Gasteiger partial charge in [-0.25, -0.2) is 9.78 Å². The maximum absolute atomic E-state index is 12.4. The summed E-state index contributed by atoms with van der Waals surface area (Å²) in [6.07, 6.45) is 1.38. The van der Waals surface area contributed by atoms with Crippen molar-refractivity contribution in [2.24, 2.45) is 14.1 Å². The van der Waals surface area contributed by atoms with Crippen molar-refractivity contribution in [1.29, 1.82) is 0 Å². The first-order valence-electron chi connectivity index (χ1n) is 6.79. The molecule has 3 aromatic rings. The lowest BCUT2D eigenvalue weighted by molar-refractivity contribution is 0.0973. The van der Waals surface area contributed by atoms with Crippen molar-refractivity contribution in [3.05, 3.63) is 62.0 Å². The normalized spacial score (nSPS) is 11.1. The molecule has 0 bridgehead atoms. The molecule has 0 spiro atoms. The van der Waals surface area contributed by atoms with E-state index in [1.54, 1.807) is 24.3 Å². The number of imidazole rings is 1. The molecule has 3 rings (SSSR count). The molecule has 8 heteroatoms.